The number of H-pyrrole nitrogens is 1. The zero-order valence-corrected chi connectivity index (χ0v) is 10.6. The lowest BCUT2D eigenvalue weighted by molar-refractivity contribution is -0.277. The molecule has 0 atom stereocenters. The van der Waals surface area contributed by atoms with Gasteiger partial charge in [0.15, 0.2) is 0 Å². The number of rotatable bonds is 3. The summed E-state index contributed by atoms with van der Waals surface area (Å²) in [6.45, 7) is 1.75. The van der Waals surface area contributed by atoms with Crippen molar-refractivity contribution in [3.05, 3.63) is 41.6 Å². The van der Waals surface area contributed by atoms with Crippen LogP contribution in [0.5, 0.6) is 5.88 Å². The number of hydrogen-bond donors (Lipinski definition) is 1. The Bertz CT molecular complexity index is 731. The van der Waals surface area contributed by atoms with E-state index in [4.69, 9.17) is 0 Å². The molecule has 2 heterocycles. The van der Waals surface area contributed by atoms with Gasteiger partial charge in [-0.15, -0.1) is 5.10 Å². The molecular weight excluding hydrogens is 258 g/mol. The van der Waals surface area contributed by atoms with E-state index in [-0.39, 0.29) is 11.8 Å². The van der Waals surface area contributed by atoms with Gasteiger partial charge in [0, 0.05) is 17.7 Å². The van der Waals surface area contributed by atoms with Crippen molar-refractivity contribution in [1.82, 2.24) is 30.4 Å². The third kappa shape index (κ3) is 2.14. The molecule has 0 saturated carbocycles. The van der Waals surface area contributed by atoms with Crippen LogP contribution in [0.4, 0.5) is 5.95 Å². The molecule has 1 N–H and O–H groups in total. The minimum absolute atomic E-state index is 0.163. The highest BCUT2D eigenvalue weighted by molar-refractivity contribution is 5.85. The number of benzene rings is 1. The summed E-state index contributed by atoms with van der Waals surface area (Å²) < 4.78 is 1.34. The van der Waals surface area contributed by atoms with Crippen molar-refractivity contribution in [2.75, 3.05) is 0 Å². The number of nitrogens with zero attached hydrogens (tertiary/aromatic N) is 6. The number of nitrogens with one attached hydrogen (secondary N) is 1. The van der Waals surface area contributed by atoms with Gasteiger partial charge in [0.25, 0.3) is 5.95 Å². The van der Waals surface area contributed by atoms with Crippen molar-refractivity contribution < 1.29 is 5.11 Å². The molecule has 3 rings (SSSR count). The van der Waals surface area contributed by atoms with Gasteiger partial charge in [-0.1, -0.05) is 23.3 Å². The monoisotopic (exact) mass is 268 g/mol. The first-order valence-corrected chi connectivity index (χ1v) is 5.85. The van der Waals surface area contributed by atoms with Gasteiger partial charge in [0.05, 0.1) is 11.4 Å². The van der Waals surface area contributed by atoms with Gasteiger partial charge in [0.1, 0.15) is 0 Å². The van der Waals surface area contributed by atoms with Gasteiger partial charge in [-0.2, -0.15) is 10.3 Å². The lowest BCUT2D eigenvalue weighted by atomic mass is 10.3. The van der Waals surface area contributed by atoms with Crippen molar-refractivity contribution in [3.63, 3.8) is 0 Å². The Balaban J connectivity index is 1.99. The third-order valence-electron chi connectivity index (χ3n) is 2.71. The maximum absolute atomic E-state index is 12.3. The van der Waals surface area contributed by atoms with Crippen molar-refractivity contribution in [1.29, 1.82) is 0 Å². The van der Waals surface area contributed by atoms with Gasteiger partial charge in [0.2, 0.25) is 0 Å². The Morgan fingerprint density at radius 2 is 2.10 bits per heavy atom. The van der Waals surface area contributed by atoms with Gasteiger partial charge >= 0.3 is 0 Å². The van der Waals surface area contributed by atoms with Crippen LogP contribution in [0, 0.1) is 6.92 Å². The van der Waals surface area contributed by atoms with Gasteiger partial charge in [-0.25, -0.2) is 9.67 Å². The molecule has 0 aliphatic carbocycles. The van der Waals surface area contributed by atoms with E-state index in [1.54, 1.807) is 6.92 Å². The molecule has 100 valence electrons. The molecule has 0 aliphatic heterocycles. The van der Waals surface area contributed by atoms with Gasteiger partial charge in [-0.3, -0.25) is 0 Å². The Morgan fingerprint density at radius 3 is 2.80 bits per heavy atom. The van der Waals surface area contributed by atoms with E-state index in [0.717, 1.165) is 0 Å². The highest BCUT2D eigenvalue weighted by Crippen LogP contribution is 2.20. The van der Waals surface area contributed by atoms with E-state index in [2.05, 4.69) is 30.7 Å². The van der Waals surface area contributed by atoms with Crippen LogP contribution in [0.25, 0.3) is 5.69 Å². The van der Waals surface area contributed by atoms with E-state index < -0.39 is 0 Å². The molecule has 2 aromatic heterocycles. The van der Waals surface area contributed by atoms with Crippen LogP contribution in [0.3, 0.4) is 0 Å². The van der Waals surface area contributed by atoms with Gasteiger partial charge < -0.3 is 5.11 Å². The molecule has 0 fully saturated rings. The zero-order valence-electron chi connectivity index (χ0n) is 10.6. The smallest absolute Gasteiger partial charge is 0.288 e. The second-order valence-corrected chi connectivity index (χ2v) is 4.02. The molecule has 0 unspecified atom stereocenters. The number of aromatic nitrogens is 6. The van der Waals surface area contributed by atoms with Crippen molar-refractivity contribution >= 4 is 12.2 Å². The van der Waals surface area contributed by atoms with Crippen LogP contribution >= 0.6 is 0 Å². The number of para-hydroxylation sites is 1. The maximum atomic E-state index is 12.3. The van der Waals surface area contributed by atoms with E-state index in [9.17, 15) is 5.11 Å². The predicted octanol–water partition coefficient (Wildman–Crippen LogP) is 0.518. The predicted molar refractivity (Wildman–Crippen MR) is 69.2 cm³/mol. The highest BCUT2D eigenvalue weighted by Gasteiger charge is 2.07. The van der Waals surface area contributed by atoms with Crippen LogP contribution in [0.2, 0.25) is 0 Å². The third-order valence-corrected chi connectivity index (χ3v) is 2.71. The SMILES string of the molecule is Cc1nn(-c2ccccc2)c([O-])c1C=Nc1nn[nH]n1. The highest BCUT2D eigenvalue weighted by atomic mass is 16.3. The molecule has 0 aliphatic rings. The molecule has 20 heavy (non-hydrogen) atoms. The fourth-order valence-electron chi connectivity index (χ4n) is 1.74. The summed E-state index contributed by atoms with van der Waals surface area (Å²) in [5, 5.41) is 29.6. The molecule has 0 spiro atoms. The Labute approximate surface area is 113 Å². The van der Waals surface area contributed by atoms with Crippen LogP contribution in [-0.2, 0) is 0 Å². The van der Waals surface area contributed by atoms with Crippen LogP contribution in [-0.4, -0.2) is 36.6 Å². The molecule has 8 heteroatoms. The average molecular weight is 268 g/mol. The second-order valence-electron chi connectivity index (χ2n) is 4.02. The molecule has 3 aromatic rings. The second kappa shape index (κ2) is 4.92. The topological polar surface area (TPSA) is 108 Å². The molecule has 0 saturated heterocycles. The first-order valence-electron chi connectivity index (χ1n) is 5.85. The largest absolute Gasteiger partial charge is 0.858 e. The number of aromatic amines is 1. The standard InChI is InChI=1S/C12H11N7O/c1-8-10(7-13-12-14-17-18-15-12)11(20)19(16-8)9-5-3-2-4-6-9/h2-7,20H,1H3,(H,14,15,17,18)/p-1. The molecule has 0 amide bonds. The minimum Gasteiger partial charge on any atom is -0.858 e. The summed E-state index contributed by atoms with van der Waals surface area (Å²) in [7, 11) is 0. The molecule has 8 nitrogen and oxygen atoms in total. The van der Waals surface area contributed by atoms with Gasteiger partial charge in [-0.05, 0) is 24.3 Å². The first kappa shape index (κ1) is 12.0. The minimum atomic E-state index is -0.235. The number of aryl methyl sites for hydroxylation is 1. The van der Waals surface area contributed by atoms with Crippen LogP contribution in [0.15, 0.2) is 35.3 Å². The quantitative estimate of drug-likeness (QED) is 0.696. The number of tetrazole rings is 1. The zero-order chi connectivity index (χ0) is 13.9. The summed E-state index contributed by atoms with van der Waals surface area (Å²) in [5.74, 6) is -0.0720. The maximum Gasteiger partial charge on any atom is 0.288 e. The first-order chi connectivity index (χ1) is 9.75. The molecular formula is C12H10N7O-. The lowest BCUT2D eigenvalue weighted by Gasteiger charge is -2.10. The number of hydrogen-bond acceptors (Lipinski definition) is 6. The summed E-state index contributed by atoms with van der Waals surface area (Å²) >= 11 is 0. The van der Waals surface area contributed by atoms with Crippen molar-refractivity contribution in [2.24, 2.45) is 4.99 Å². The summed E-state index contributed by atoms with van der Waals surface area (Å²) in [4.78, 5) is 3.97. The molecule has 0 radical (unpaired) electrons. The fourth-order valence-corrected chi connectivity index (χ4v) is 1.74. The normalized spacial score (nSPS) is 11.2. The Kier molecular flexibility index (Phi) is 2.96. The molecule has 1 aromatic carbocycles. The average Bonchev–Trinajstić information content (AvgIpc) is 3.07. The van der Waals surface area contributed by atoms with Crippen molar-refractivity contribution in [2.45, 2.75) is 6.92 Å². The van der Waals surface area contributed by atoms with E-state index in [0.29, 0.717) is 16.9 Å². The van der Waals surface area contributed by atoms with E-state index in [1.807, 2.05) is 30.3 Å². The Morgan fingerprint density at radius 1 is 1.30 bits per heavy atom. The summed E-state index contributed by atoms with van der Waals surface area (Å²) in [6, 6.07) is 9.20. The van der Waals surface area contributed by atoms with Crippen LogP contribution < -0.4 is 5.11 Å². The van der Waals surface area contributed by atoms with Crippen molar-refractivity contribution in [3.8, 4) is 11.6 Å². The lowest BCUT2D eigenvalue weighted by Crippen LogP contribution is -2.04. The van der Waals surface area contributed by atoms with E-state index >= 15 is 0 Å². The summed E-state index contributed by atoms with van der Waals surface area (Å²) in [5.41, 5.74) is 1.70. The summed E-state index contributed by atoms with van der Waals surface area (Å²) in [6.07, 6.45) is 1.40. The number of aliphatic imine (C=N–C) groups is 1. The Hall–Kier alpha value is -3.03. The van der Waals surface area contributed by atoms with Crippen LogP contribution in [0.1, 0.15) is 11.3 Å². The van der Waals surface area contributed by atoms with E-state index in [1.165, 1.54) is 10.9 Å². The molecule has 0 bridgehead atoms. The fraction of sp³-hybridized carbons (Fsp3) is 0.0833.